The predicted molar refractivity (Wildman–Crippen MR) is 36.5 cm³/mol. The van der Waals surface area contributed by atoms with E-state index in [1.54, 1.807) is 4.90 Å². The lowest BCUT2D eigenvalue weighted by Gasteiger charge is -2.12. The minimum Gasteiger partial charge on any atom is -0.352 e. The largest absolute Gasteiger partial charge is 0.352 e. The van der Waals surface area contributed by atoms with Gasteiger partial charge < -0.3 is 4.90 Å². The summed E-state index contributed by atoms with van der Waals surface area (Å²) in [6.45, 7) is 3.81. The molecule has 1 aliphatic heterocycles. The van der Waals surface area contributed by atoms with E-state index < -0.39 is 0 Å². The van der Waals surface area contributed by atoms with Crippen LogP contribution in [0, 0.1) is 5.92 Å². The van der Waals surface area contributed by atoms with E-state index in [1.165, 1.54) is 0 Å². The topological polar surface area (TPSA) is 20.3 Å². The predicted octanol–water partition coefficient (Wildman–Crippen LogP) is 0.617. The smallest absolute Gasteiger partial charge is 0.200 e. The molecule has 1 fully saturated rings. The second-order valence-corrected chi connectivity index (χ2v) is 2.68. The minimum absolute atomic E-state index is 0.278. The average Bonchev–Trinajstić information content (AvgIpc) is 2.14. The second kappa shape index (κ2) is 2.42. The third kappa shape index (κ3) is 1.47. The zero-order valence-corrected chi connectivity index (χ0v) is 5.63. The van der Waals surface area contributed by atoms with Crippen molar-refractivity contribution < 1.29 is 4.79 Å². The van der Waals surface area contributed by atoms with Gasteiger partial charge in [0.15, 0.2) is 5.81 Å². The fraction of sp³-hybridized carbons (Fsp3) is 0.833. The van der Waals surface area contributed by atoms with Gasteiger partial charge >= 0.3 is 0 Å². The lowest BCUT2D eigenvalue weighted by atomic mass is 10.1. The van der Waals surface area contributed by atoms with E-state index in [1.807, 2.05) is 0 Å². The van der Waals surface area contributed by atoms with Crippen LogP contribution < -0.4 is 0 Å². The molecule has 1 atom stereocenters. The van der Waals surface area contributed by atoms with Crippen molar-refractivity contribution in [3.05, 3.63) is 0 Å². The highest BCUT2D eigenvalue weighted by molar-refractivity contribution is 6.56. The number of carbonyl (C=O) groups is 1. The molecule has 0 aliphatic carbocycles. The standard InChI is InChI=1S/C6H10BNO/c1-5-2-3-8(4-5)6(7)9/h5H,2-4H2,1H3. The summed E-state index contributed by atoms with van der Waals surface area (Å²) < 4.78 is 0. The molecule has 0 spiro atoms. The molecule has 0 saturated carbocycles. The molecule has 3 heteroatoms. The van der Waals surface area contributed by atoms with E-state index in [4.69, 9.17) is 7.85 Å². The summed E-state index contributed by atoms with van der Waals surface area (Å²) in [6.07, 6.45) is 1.10. The molecule has 0 aromatic carbocycles. The van der Waals surface area contributed by atoms with E-state index in [2.05, 4.69) is 6.92 Å². The van der Waals surface area contributed by atoms with Crippen LogP contribution in [-0.2, 0) is 0 Å². The van der Waals surface area contributed by atoms with Crippen LogP contribution in [0.25, 0.3) is 0 Å². The summed E-state index contributed by atoms with van der Waals surface area (Å²) >= 11 is 0. The lowest BCUT2D eigenvalue weighted by molar-refractivity contribution is 0.231. The number of rotatable bonds is 0. The van der Waals surface area contributed by atoms with Crippen LogP contribution in [0.5, 0.6) is 0 Å². The molecular formula is C6H10BNO. The van der Waals surface area contributed by atoms with Crippen molar-refractivity contribution in [3.8, 4) is 0 Å². The normalized spacial score (nSPS) is 26.8. The monoisotopic (exact) mass is 123 g/mol. The SMILES string of the molecule is [B]C(=O)N1CCC(C)C1. The van der Waals surface area contributed by atoms with Crippen LogP contribution in [0.2, 0.25) is 0 Å². The van der Waals surface area contributed by atoms with Crippen molar-refractivity contribution in [3.63, 3.8) is 0 Å². The number of likely N-dealkylation sites (tertiary alicyclic amines) is 1. The van der Waals surface area contributed by atoms with Gasteiger partial charge in [-0.15, -0.1) is 0 Å². The number of hydrogen-bond donors (Lipinski definition) is 0. The van der Waals surface area contributed by atoms with Crippen molar-refractivity contribution in [2.24, 2.45) is 5.92 Å². The summed E-state index contributed by atoms with van der Waals surface area (Å²) in [7, 11) is 5.05. The van der Waals surface area contributed by atoms with Gasteiger partial charge in [-0.25, -0.2) is 0 Å². The maximum Gasteiger partial charge on any atom is 0.200 e. The fourth-order valence-corrected chi connectivity index (χ4v) is 1.14. The van der Waals surface area contributed by atoms with Crippen LogP contribution in [-0.4, -0.2) is 31.6 Å². The Morgan fingerprint density at radius 2 is 2.44 bits per heavy atom. The van der Waals surface area contributed by atoms with E-state index in [9.17, 15) is 4.79 Å². The van der Waals surface area contributed by atoms with Gasteiger partial charge in [0.1, 0.15) is 0 Å². The van der Waals surface area contributed by atoms with Crippen molar-refractivity contribution in [2.45, 2.75) is 13.3 Å². The van der Waals surface area contributed by atoms with Crippen molar-refractivity contribution in [1.82, 2.24) is 4.90 Å². The van der Waals surface area contributed by atoms with Crippen LogP contribution in [0.4, 0.5) is 4.79 Å². The Hall–Kier alpha value is -0.465. The van der Waals surface area contributed by atoms with E-state index in [0.717, 1.165) is 19.5 Å². The minimum atomic E-state index is -0.278. The highest BCUT2D eigenvalue weighted by Gasteiger charge is 2.19. The molecule has 48 valence electrons. The van der Waals surface area contributed by atoms with Crippen molar-refractivity contribution in [2.75, 3.05) is 13.1 Å². The van der Waals surface area contributed by atoms with Gasteiger partial charge in [-0.1, -0.05) is 6.92 Å². The second-order valence-electron chi connectivity index (χ2n) is 2.68. The first-order valence-electron chi connectivity index (χ1n) is 3.24. The molecule has 1 saturated heterocycles. The first-order chi connectivity index (χ1) is 4.20. The molecule has 9 heavy (non-hydrogen) atoms. The Morgan fingerprint density at radius 3 is 2.67 bits per heavy atom. The van der Waals surface area contributed by atoms with E-state index >= 15 is 0 Å². The molecule has 0 aromatic heterocycles. The molecule has 1 aliphatic rings. The first kappa shape index (κ1) is 6.65. The molecule has 2 radical (unpaired) electrons. The van der Waals surface area contributed by atoms with Crippen LogP contribution >= 0.6 is 0 Å². The van der Waals surface area contributed by atoms with Gasteiger partial charge in [0, 0.05) is 13.1 Å². The summed E-state index contributed by atoms with van der Waals surface area (Å²) in [5.41, 5.74) is 0. The van der Waals surface area contributed by atoms with Crippen LogP contribution in [0.15, 0.2) is 0 Å². The van der Waals surface area contributed by atoms with Gasteiger partial charge in [-0.2, -0.15) is 0 Å². The Morgan fingerprint density at radius 1 is 1.78 bits per heavy atom. The maximum absolute atomic E-state index is 10.5. The number of amides is 1. The summed E-state index contributed by atoms with van der Waals surface area (Å²) in [5.74, 6) is 0.358. The summed E-state index contributed by atoms with van der Waals surface area (Å²) in [5, 5.41) is 0. The van der Waals surface area contributed by atoms with Crippen molar-refractivity contribution >= 4 is 13.7 Å². The molecule has 2 nitrogen and oxygen atoms in total. The quantitative estimate of drug-likeness (QED) is 0.432. The number of carbonyl (C=O) groups excluding carboxylic acids is 1. The highest BCUT2D eigenvalue weighted by Crippen LogP contribution is 2.13. The molecule has 1 heterocycles. The Kier molecular flexibility index (Phi) is 1.79. The molecule has 1 rings (SSSR count). The van der Waals surface area contributed by atoms with E-state index in [-0.39, 0.29) is 5.81 Å². The van der Waals surface area contributed by atoms with Gasteiger partial charge in [0.25, 0.3) is 0 Å². The van der Waals surface area contributed by atoms with E-state index in [0.29, 0.717) is 5.92 Å². The van der Waals surface area contributed by atoms with Gasteiger partial charge in [0.05, 0.1) is 0 Å². The fourth-order valence-electron chi connectivity index (χ4n) is 1.14. The number of nitrogens with zero attached hydrogens (tertiary/aromatic N) is 1. The molecule has 1 unspecified atom stereocenters. The molecular weight excluding hydrogens is 113 g/mol. The zero-order valence-electron chi connectivity index (χ0n) is 5.63. The van der Waals surface area contributed by atoms with Gasteiger partial charge in [0.2, 0.25) is 7.85 Å². The third-order valence-corrected chi connectivity index (χ3v) is 1.74. The highest BCUT2D eigenvalue weighted by atomic mass is 16.1. The Balaban J connectivity index is 2.39. The zero-order chi connectivity index (χ0) is 6.85. The maximum atomic E-state index is 10.5. The summed E-state index contributed by atoms with van der Waals surface area (Å²) in [6, 6.07) is 0. The van der Waals surface area contributed by atoms with Crippen LogP contribution in [0.1, 0.15) is 13.3 Å². The Bertz CT molecular complexity index is 126. The molecule has 0 bridgehead atoms. The van der Waals surface area contributed by atoms with Gasteiger partial charge in [-0.3, -0.25) is 4.79 Å². The Labute approximate surface area is 56.6 Å². The molecule has 0 N–H and O–H groups in total. The van der Waals surface area contributed by atoms with Crippen molar-refractivity contribution in [1.29, 1.82) is 0 Å². The lowest BCUT2D eigenvalue weighted by Crippen LogP contribution is -2.26. The first-order valence-corrected chi connectivity index (χ1v) is 3.24. The van der Waals surface area contributed by atoms with Crippen LogP contribution in [0.3, 0.4) is 0 Å². The molecule has 1 amide bonds. The average molecular weight is 123 g/mol. The molecule has 0 aromatic rings. The number of hydrogen-bond acceptors (Lipinski definition) is 1. The third-order valence-electron chi connectivity index (χ3n) is 1.74. The van der Waals surface area contributed by atoms with Gasteiger partial charge in [-0.05, 0) is 12.3 Å². The summed E-state index contributed by atoms with van der Waals surface area (Å²) in [4.78, 5) is 12.2.